The molecule has 0 aliphatic carbocycles. The van der Waals surface area contributed by atoms with Crippen LogP contribution in [0.5, 0.6) is 0 Å². The van der Waals surface area contributed by atoms with E-state index in [4.69, 9.17) is 42.1 Å². The zero-order chi connectivity index (χ0) is 48.8. The van der Waals surface area contributed by atoms with Crippen LogP contribution in [0.25, 0.3) is 11.1 Å². The van der Waals surface area contributed by atoms with Crippen LogP contribution in [0, 0.1) is 0 Å². The van der Waals surface area contributed by atoms with Crippen molar-refractivity contribution in [1.29, 1.82) is 0 Å². The fourth-order valence-corrected chi connectivity index (χ4v) is 9.10. The van der Waals surface area contributed by atoms with E-state index < -0.39 is 38.2 Å². The SMILES string of the molecule is C.C.CCCN1CCC(O)(c2cccc(SC)c2)CC1.CCC[NH+]1CC=C(c2cccc(S(C)=O)c2)CC1.CCC[NH+]1CC=C(c2cccc(SC)c2)CC1.O=S(=O)(O)O.O=S([O-])O[O-].OO.[Cl-]. The van der Waals surface area contributed by atoms with Crippen LogP contribution in [-0.2, 0) is 42.5 Å². The average molecular weight is 1070 g/mol. The van der Waals surface area contributed by atoms with Crippen molar-refractivity contribution in [3.8, 4) is 0 Å². The van der Waals surface area contributed by atoms with E-state index >= 15 is 0 Å². The van der Waals surface area contributed by atoms with Crippen molar-refractivity contribution in [1.82, 2.24) is 4.90 Å². The maximum atomic E-state index is 11.5. The van der Waals surface area contributed by atoms with Gasteiger partial charge in [0.05, 0.1) is 56.2 Å². The normalized spacial score (nSPS) is 18.0. The molecule has 4 unspecified atom stereocenters. The Morgan fingerprint density at radius 2 is 1.19 bits per heavy atom. The first-order chi connectivity index (χ1) is 31.0. The highest BCUT2D eigenvalue weighted by Crippen LogP contribution is 2.34. The van der Waals surface area contributed by atoms with Gasteiger partial charge >= 0.3 is 10.4 Å². The zero-order valence-electron chi connectivity index (χ0n) is 38.9. The number of benzene rings is 3. The highest BCUT2D eigenvalue weighted by atomic mass is 35.5. The summed E-state index contributed by atoms with van der Waals surface area (Å²) in [6, 6.07) is 25.4. The van der Waals surface area contributed by atoms with Crippen molar-refractivity contribution in [2.45, 2.75) is 101 Å². The van der Waals surface area contributed by atoms with Gasteiger partial charge in [0.15, 0.2) is 0 Å². The molecular weight excluding hydrogens is 994 g/mol. The molecule has 0 radical (unpaired) electrons. The molecule has 392 valence electrons. The van der Waals surface area contributed by atoms with Crippen LogP contribution in [-0.4, -0.2) is 129 Å². The summed E-state index contributed by atoms with van der Waals surface area (Å²) in [6.07, 6.45) is 18.6. The molecule has 0 aromatic heterocycles. The van der Waals surface area contributed by atoms with E-state index in [1.54, 1.807) is 33.4 Å². The van der Waals surface area contributed by atoms with Gasteiger partial charge in [0.25, 0.3) is 0 Å². The minimum atomic E-state index is -4.67. The quantitative estimate of drug-likeness (QED) is 0.0429. The molecule has 21 heteroatoms. The molecule has 15 nitrogen and oxygen atoms in total. The Morgan fingerprint density at radius 1 is 0.765 bits per heavy atom. The maximum absolute atomic E-state index is 11.5. The summed E-state index contributed by atoms with van der Waals surface area (Å²) in [5.74, 6) is 0. The Hall–Kier alpha value is -2.06. The van der Waals surface area contributed by atoms with Gasteiger partial charge < -0.3 is 46.4 Å². The Kier molecular flexibility index (Phi) is 40.8. The van der Waals surface area contributed by atoms with Gasteiger partial charge in [0, 0.05) is 57.7 Å². The predicted molar refractivity (Wildman–Crippen MR) is 275 cm³/mol. The first kappa shape index (κ1) is 70.2. The summed E-state index contributed by atoms with van der Waals surface area (Å²) in [5.41, 5.74) is 6.11. The van der Waals surface area contributed by atoms with Crippen LogP contribution in [0.2, 0.25) is 0 Å². The van der Waals surface area contributed by atoms with E-state index in [9.17, 15) is 9.32 Å². The van der Waals surface area contributed by atoms with Gasteiger partial charge in [0.1, 0.15) is 0 Å². The molecule has 1 fully saturated rings. The highest BCUT2D eigenvalue weighted by molar-refractivity contribution is 7.98. The van der Waals surface area contributed by atoms with Crippen molar-refractivity contribution in [2.24, 2.45) is 0 Å². The second-order valence-electron chi connectivity index (χ2n) is 15.4. The number of piperidine rings is 1. The van der Waals surface area contributed by atoms with Crippen molar-refractivity contribution in [3.63, 3.8) is 0 Å². The zero-order valence-corrected chi connectivity index (χ0v) is 43.7. The highest BCUT2D eigenvalue weighted by Gasteiger charge is 2.33. The van der Waals surface area contributed by atoms with Crippen LogP contribution in [0.1, 0.15) is 97.3 Å². The second-order valence-corrected chi connectivity index (χ2v) is 20.0. The van der Waals surface area contributed by atoms with Crippen LogP contribution in [0.4, 0.5) is 0 Å². The van der Waals surface area contributed by atoms with E-state index in [1.165, 1.54) is 84.9 Å². The van der Waals surface area contributed by atoms with E-state index in [0.717, 1.165) is 55.9 Å². The monoisotopic (exact) mass is 1070 g/mol. The number of hydrogen-bond acceptors (Lipinski definition) is 13. The third kappa shape index (κ3) is 29.3. The lowest BCUT2D eigenvalue weighted by Crippen LogP contribution is -3.12. The number of quaternary nitrogens is 2. The molecule has 0 amide bonds. The first-order valence-corrected chi connectivity index (χ1v) is 27.9. The van der Waals surface area contributed by atoms with Gasteiger partial charge in [-0.1, -0.05) is 72.0 Å². The van der Waals surface area contributed by atoms with Crippen molar-refractivity contribution >= 4 is 67.2 Å². The lowest BCUT2D eigenvalue weighted by Gasteiger charge is -2.38. The molecule has 68 heavy (non-hydrogen) atoms. The standard InChI is InChI=1S/C15H21NOS.C15H23NOS.C15H21NS.2CH4.ClH.2H2O4S.H2O2/c1-3-9-16-10-7-13(8-11-16)14-5-4-6-15(12-14)18(2)17;1-3-9-16-10-7-15(17,8-11-16)13-5-4-6-14(12-13)18-2;1-3-9-16-10-7-13(8-11-16)14-5-4-6-15(12-14)17-2;;;;1-5(2,3)4;1-4-5(2)3;1-2/h4-7,12H,3,8-11H2,1-2H3;4-6,12,17H,3,7-11H2,1-2H3;4-7,12H,3,8-11H2,1-2H3;2*1H4;1H;(H2,1,2,3,4);1H,(H,2,3);1-2H/p-1. The average Bonchev–Trinajstić information content (AvgIpc) is 3.31. The molecule has 3 heterocycles. The van der Waals surface area contributed by atoms with Crippen molar-refractivity contribution in [2.75, 3.05) is 77.7 Å². The third-order valence-corrected chi connectivity index (χ3v) is 13.3. The summed E-state index contributed by atoms with van der Waals surface area (Å²) >= 11 is 0.678. The molecule has 0 saturated carbocycles. The minimum absolute atomic E-state index is 0. The topological polar surface area (TPSA) is 237 Å². The summed E-state index contributed by atoms with van der Waals surface area (Å²) in [4.78, 5) is 9.39. The number of likely N-dealkylation sites (tertiary alicyclic amines) is 1. The van der Waals surface area contributed by atoms with Gasteiger partial charge in [-0.25, -0.2) is 4.21 Å². The number of halogens is 1. The molecular formula is C47H79ClN3O12S5-. The summed E-state index contributed by atoms with van der Waals surface area (Å²) in [5, 5.41) is 31.3. The Morgan fingerprint density at radius 3 is 1.57 bits per heavy atom. The lowest BCUT2D eigenvalue weighted by atomic mass is 9.84. The maximum Gasteiger partial charge on any atom is 0.394 e. The van der Waals surface area contributed by atoms with Crippen LogP contribution in [0.3, 0.4) is 0 Å². The molecule has 4 atom stereocenters. The number of nitrogens with one attached hydrogen (secondary N) is 2. The molecule has 1 saturated heterocycles. The van der Waals surface area contributed by atoms with Gasteiger partial charge in [-0.05, 0) is 128 Å². The molecule has 3 aromatic carbocycles. The molecule has 7 N–H and O–H groups in total. The fourth-order valence-electron chi connectivity index (χ4n) is 7.61. The Balaban J connectivity index is -0.000000816. The van der Waals surface area contributed by atoms with Gasteiger partial charge in [-0.15, -0.1) is 23.5 Å². The third-order valence-electron chi connectivity index (χ3n) is 10.8. The van der Waals surface area contributed by atoms with E-state index in [1.807, 2.05) is 23.9 Å². The molecule has 0 bridgehead atoms. The van der Waals surface area contributed by atoms with Crippen LogP contribution in [0.15, 0.2) is 99.6 Å². The summed E-state index contributed by atoms with van der Waals surface area (Å²) in [7, 11) is -5.55. The van der Waals surface area contributed by atoms with Crippen molar-refractivity contribution < 1.29 is 77.9 Å². The fraction of sp³-hybridized carbons (Fsp3) is 0.532. The number of hydrogen-bond donors (Lipinski definition) is 7. The van der Waals surface area contributed by atoms with Crippen molar-refractivity contribution in [3.05, 3.63) is 102 Å². The largest absolute Gasteiger partial charge is 1.00 e. The second kappa shape index (κ2) is 39.5. The van der Waals surface area contributed by atoms with E-state index in [0.29, 0.717) is 0 Å². The molecule has 0 spiro atoms. The smallest absolute Gasteiger partial charge is 0.394 e. The molecule has 6 rings (SSSR count). The molecule has 3 aliphatic heterocycles. The van der Waals surface area contributed by atoms with Gasteiger partial charge in [-0.3, -0.25) is 23.8 Å². The summed E-state index contributed by atoms with van der Waals surface area (Å²) < 4.78 is 63.2. The van der Waals surface area contributed by atoms with Crippen LogP contribution >= 0.6 is 23.5 Å². The Labute approximate surface area is 427 Å². The lowest BCUT2D eigenvalue weighted by molar-refractivity contribution is -0.895. The molecule has 3 aliphatic rings. The predicted octanol–water partition coefficient (Wildman–Crippen LogP) is 2.81. The number of rotatable bonds is 13. The number of aliphatic hydroxyl groups is 1. The minimum Gasteiger partial charge on any atom is -1.00 e. The Bertz CT molecular complexity index is 2020. The summed E-state index contributed by atoms with van der Waals surface area (Å²) in [6.45, 7) is 17.3. The number of thioether (sulfide) groups is 2. The van der Waals surface area contributed by atoms with E-state index in [-0.39, 0.29) is 27.3 Å². The van der Waals surface area contributed by atoms with Crippen LogP contribution < -0.4 is 27.5 Å². The molecule has 3 aromatic rings. The van der Waals surface area contributed by atoms with Gasteiger partial charge in [0.2, 0.25) is 0 Å². The van der Waals surface area contributed by atoms with E-state index in [2.05, 4.69) is 115 Å². The number of nitrogens with zero attached hydrogens (tertiary/aromatic N) is 1. The van der Waals surface area contributed by atoms with Gasteiger partial charge in [-0.2, -0.15) is 8.42 Å². The first-order valence-electron chi connectivity index (χ1n) is 21.5.